The molecule has 0 aliphatic rings. The molecule has 2 aromatic heterocycles. The summed E-state index contributed by atoms with van der Waals surface area (Å²) in [5.74, 6) is 0. The normalized spacial score (nSPS) is 12.9. The largest absolute Gasteiger partial charge is 0.322 e. The lowest BCUT2D eigenvalue weighted by atomic mass is 10.1. The van der Waals surface area contributed by atoms with Gasteiger partial charge in [0.05, 0.1) is 33.8 Å². The van der Waals surface area contributed by atoms with E-state index in [1.807, 2.05) is 29.3 Å². The summed E-state index contributed by atoms with van der Waals surface area (Å²) < 4.78 is 3.88. The summed E-state index contributed by atoms with van der Waals surface area (Å²) in [5.41, 5.74) is 10.2. The van der Waals surface area contributed by atoms with Crippen LogP contribution >= 0.6 is 11.6 Å². The maximum absolute atomic E-state index is 6.36. The second-order valence-electron chi connectivity index (χ2n) is 5.00. The van der Waals surface area contributed by atoms with Crippen LogP contribution in [-0.2, 0) is 19.5 Å². The van der Waals surface area contributed by atoms with Gasteiger partial charge in [0.15, 0.2) is 0 Å². The number of hydrogen-bond acceptors (Lipinski definition) is 3. The van der Waals surface area contributed by atoms with E-state index < -0.39 is 0 Å². The van der Waals surface area contributed by atoms with Gasteiger partial charge >= 0.3 is 0 Å². The van der Waals surface area contributed by atoms with E-state index in [1.54, 1.807) is 0 Å². The first-order valence-electron chi connectivity index (χ1n) is 6.99. The maximum atomic E-state index is 6.36. The highest BCUT2D eigenvalue weighted by atomic mass is 35.5. The molecule has 0 aliphatic carbocycles. The molecule has 0 aromatic carbocycles. The smallest absolute Gasteiger partial charge is 0.0847 e. The van der Waals surface area contributed by atoms with Gasteiger partial charge in [-0.15, -0.1) is 0 Å². The Hall–Kier alpha value is -1.33. The van der Waals surface area contributed by atoms with Crippen LogP contribution in [0.4, 0.5) is 0 Å². The highest BCUT2D eigenvalue weighted by Gasteiger charge is 2.19. The molecule has 2 N–H and O–H groups in total. The van der Waals surface area contributed by atoms with Gasteiger partial charge in [-0.1, -0.05) is 11.6 Å². The molecule has 110 valence electrons. The molecule has 0 amide bonds. The van der Waals surface area contributed by atoms with Crippen molar-refractivity contribution in [2.75, 3.05) is 0 Å². The Morgan fingerprint density at radius 3 is 2.45 bits per heavy atom. The summed E-state index contributed by atoms with van der Waals surface area (Å²) >= 11 is 6.34. The van der Waals surface area contributed by atoms with Crippen LogP contribution in [0.15, 0.2) is 6.07 Å². The molecule has 0 saturated heterocycles. The Morgan fingerprint density at radius 2 is 1.85 bits per heavy atom. The van der Waals surface area contributed by atoms with E-state index in [1.165, 1.54) is 0 Å². The number of aromatic nitrogens is 4. The molecule has 0 fully saturated rings. The lowest BCUT2D eigenvalue weighted by Crippen LogP contribution is -2.20. The zero-order valence-electron chi connectivity index (χ0n) is 12.5. The number of nitrogens with zero attached hydrogens (tertiary/aromatic N) is 4. The molecule has 5 nitrogen and oxygen atoms in total. The molecule has 2 heterocycles. The van der Waals surface area contributed by atoms with Crippen molar-refractivity contribution >= 4 is 11.6 Å². The predicted octanol–water partition coefficient (Wildman–Crippen LogP) is 2.63. The lowest BCUT2D eigenvalue weighted by Gasteiger charge is -2.14. The molecule has 1 atom stereocenters. The van der Waals surface area contributed by atoms with Crippen molar-refractivity contribution in [2.45, 2.75) is 53.2 Å². The second-order valence-corrected chi connectivity index (χ2v) is 5.38. The Balaban J connectivity index is 2.29. The van der Waals surface area contributed by atoms with Gasteiger partial charge in [-0.2, -0.15) is 10.2 Å². The van der Waals surface area contributed by atoms with E-state index in [0.29, 0.717) is 6.42 Å². The molecule has 1 unspecified atom stereocenters. The van der Waals surface area contributed by atoms with Gasteiger partial charge in [-0.3, -0.25) is 9.36 Å². The van der Waals surface area contributed by atoms with Crippen LogP contribution in [0.1, 0.15) is 42.7 Å². The van der Waals surface area contributed by atoms with Gasteiger partial charge in [-0.05, 0) is 33.8 Å². The molecule has 0 spiro atoms. The molecular formula is C14H22ClN5. The molecule has 0 saturated carbocycles. The summed E-state index contributed by atoms with van der Waals surface area (Å²) in [7, 11) is 0. The number of halogens is 1. The second kappa shape index (κ2) is 5.97. The minimum absolute atomic E-state index is 0.130. The van der Waals surface area contributed by atoms with Gasteiger partial charge in [0.2, 0.25) is 0 Å². The van der Waals surface area contributed by atoms with Crippen molar-refractivity contribution in [1.82, 2.24) is 19.6 Å². The quantitative estimate of drug-likeness (QED) is 0.922. The number of nitrogens with two attached hydrogens (primary N) is 1. The van der Waals surface area contributed by atoms with Gasteiger partial charge in [0.25, 0.3) is 0 Å². The van der Waals surface area contributed by atoms with E-state index in [2.05, 4.69) is 24.0 Å². The predicted molar refractivity (Wildman–Crippen MR) is 80.9 cm³/mol. The minimum atomic E-state index is -0.130. The molecule has 20 heavy (non-hydrogen) atoms. The Bertz CT molecular complexity index is 599. The maximum Gasteiger partial charge on any atom is 0.0847 e. The van der Waals surface area contributed by atoms with Crippen LogP contribution < -0.4 is 5.73 Å². The van der Waals surface area contributed by atoms with Gasteiger partial charge in [0, 0.05) is 19.5 Å². The third-order valence-electron chi connectivity index (χ3n) is 3.48. The van der Waals surface area contributed by atoms with Crippen molar-refractivity contribution in [2.24, 2.45) is 5.73 Å². The van der Waals surface area contributed by atoms with Crippen LogP contribution in [0, 0.1) is 13.8 Å². The molecule has 2 rings (SSSR count). The lowest BCUT2D eigenvalue weighted by molar-refractivity contribution is 0.541. The van der Waals surface area contributed by atoms with Gasteiger partial charge < -0.3 is 5.73 Å². The van der Waals surface area contributed by atoms with E-state index in [0.717, 1.165) is 40.9 Å². The first-order valence-corrected chi connectivity index (χ1v) is 7.37. The summed E-state index contributed by atoms with van der Waals surface area (Å²) in [4.78, 5) is 0. The minimum Gasteiger partial charge on any atom is -0.322 e. The Morgan fingerprint density at radius 1 is 1.20 bits per heavy atom. The molecule has 6 heteroatoms. The van der Waals surface area contributed by atoms with E-state index in [-0.39, 0.29) is 6.04 Å². The van der Waals surface area contributed by atoms with Crippen LogP contribution in [0.2, 0.25) is 5.02 Å². The zero-order valence-corrected chi connectivity index (χ0v) is 13.3. The zero-order chi connectivity index (χ0) is 14.9. The Labute approximate surface area is 124 Å². The first-order chi connectivity index (χ1) is 9.47. The highest BCUT2D eigenvalue weighted by molar-refractivity contribution is 6.31. The standard InChI is InChI=1S/C14H22ClN5/c1-5-19-12(7-9(3)17-19)11(16)8-13-14(15)10(4)18-20(13)6-2/h7,11H,5-6,8,16H2,1-4H3. The number of aryl methyl sites for hydroxylation is 4. The SMILES string of the molecule is CCn1nc(C)cc1C(N)Cc1c(Cl)c(C)nn1CC. The fourth-order valence-corrected chi connectivity index (χ4v) is 2.71. The monoisotopic (exact) mass is 295 g/mol. The third kappa shape index (κ3) is 2.74. The van der Waals surface area contributed by atoms with Gasteiger partial charge in [-0.25, -0.2) is 0 Å². The fourth-order valence-electron chi connectivity index (χ4n) is 2.49. The summed E-state index contributed by atoms with van der Waals surface area (Å²) in [6.45, 7) is 9.63. The van der Waals surface area contributed by atoms with Crippen molar-refractivity contribution in [3.8, 4) is 0 Å². The Kier molecular flexibility index (Phi) is 4.50. The molecule has 0 bridgehead atoms. The van der Waals surface area contributed by atoms with Crippen molar-refractivity contribution in [1.29, 1.82) is 0 Å². The molecule has 0 radical (unpaired) electrons. The van der Waals surface area contributed by atoms with Crippen LogP contribution in [-0.4, -0.2) is 19.6 Å². The topological polar surface area (TPSA) is 61.7 Å². The van der Waals surface area contributed by atoms with E-state index in [4.69, 9.17) is 17.3 Å². The number of rotatable bonds is 5. The van der Waals surface area contributed by atoms with Crippen LogP contribution in [0.5, 0.6) is 0 Å². The van der Waals surface area contributed by atoms with Crippen LogP contribution in [0.25, 0.3) is 0 Å². The summed E-state index contributed by atoms with van der Waals surface area (Å²) in [6, 6.07) is 1.91. The first kappa shape index (κ1) is 15.1. The highest BCUT2D eigenvalue weighted by Crippen LogP contribution is 2.25. The third-order valence-corrected chi connectivity index (χ3v) is 3.97. The van der Waals surface area contributed by atoms with E-state index >= 15 is 0 Å². The molecular weight excluding hydrogens is 274 g/mol. The average Bonchev–Trinajstić information content (AvgIpc) is 2.93. The average molecular weight is 296 g/mol. The van der Waals surface area contributed by atoms with Gasteiger partial charge in [0.1, 0.15) is 0 Å². The molecule has 2 aromatic rings. The van der Waals surface area contributed by atoms with Crippen molar-refractivity contribution < 1.29 is 0 Å². The number of hydrogen-bond donors (Lipinski definition) is 1. The fraction of sp³-hybridized carbons (Fsp3) is 0.571. The van der Waals surface area contributed by atoms with Crippen LogP contribution in [0.3, 0.4) is 0 Å². The van der Waals surface area contributed by atoms with Crippen molar-refractivity contribution in [3.05, 3.63) is 33.9 Å². The van der Waals surface area contributed by atoms with Crippen molar-refractivity contribution in [3.63, 3.8) is 0 Å². The summed E-state index contributed by atoms with van der Waals surface area (Å²) in [6.07, 6.45) is 0.665. The molecule has 0 aliphatic heterocycles. The summed E-state index contributed by atoms with van der Waals surface area (Å²) in [5, 5.41) is 9.60. The van der Waals surface area contributed by atoms with E-state index in [9.17, 15) is 0 Å².